The van der Waals surface area contributed by atoms with Crippen molar-refractivity contribution in [3.63, 3.8) is 0 Å². The molecule has 0 aliphatic carbocycles. The molecule has 0 radical (unpaired) electrons. The Kier molecular flexibility index (Phi) is 2.34. The van der Waals surface area contributed by atoms with Crippen molar-refractivity contribution in [3.8, 4) is 0 Å². The van der Waals surface area contributed by atoms with Gasteiger partial charge < -0.3 is 5.11 Å². The smallest absolute Gasteiger partial charge is 0.362 e. The number of alkyl halides is 3. The monoisotopic (exact) mass is 231 g/mol. The number of aromatic nitrogens is 1. The molecule has 0 bridgehead atoms. The van der Waals surface area contributed by atoms with E-state index in [-0.39, 0.29) is 5.71 Å². The normalized spacial score (nSPS) is 25.1. The minimum atomic E-state index is -4.76. The standard InChI is InChI=1S/C9H8F3N3O/c10-9(11,12)8(16)5-7(14-15-8)6-1-3-13-4-2-6/h1-4,15-16H,5H2/t8-/m1/s1. The van der Waals surface area contributed by atoms with E-state index < -0.39 is 18.3 Å². The first-order chi connectivity index (χ1) is 7.42. The summed E-state index contributed by atoms with van der Waals surface area (Å²) in [5.41, 5.74) is -0.590. The van der Waals surface area contributed by atoms with Crippen LogP contribution in [-0.2, 0) is 0 Å². The van der Waals surface area contributed by atoms with Gasteiger partial charge in [-0.1, -0.05) is 0 Å². The molecule has 0 spiro atoms. The summed E-state index contributed by atoms with van der Waals surface area (Å²) in [6, 6.07) is 3.06. The van der Waals surface area contributed by atoms with Gasteiger partial charge in [-0.25, -0.2) is 0 Å². The number of aliphatic hydroxyl groups is 1. The second kappa shape index (κ2) is 3.44. The Balaban J connectivity index is 2.20. The average molecular weight is 231 g/mol. The molecule has 16 heavy (non-hydrogen) atoms. The predicted molar refractivity (Wildman–Crippen MR) is 49.5 cm³/mol. The van der Waals surface area contributed by atoms with Crippen molar-refractivity contribution in [2.75, 3.05) is 0 Å². The Bertz CT molecular complexity index is 418. The molecule has 1 atom stereocenters. The SMILES string of the molecule is O[C@@]1(C(F)(F)F)CC(c2ccncc2)=NN1. The molecule has 2 rings (SSSR count). The third kappa shape index (κ3) is 1.73. The molecular formula is C9H8F3N3O. The van der Waals surface area contributed by atoms with Crippen molar-refractivity contribution in [3.05, 3.63) is 30.1 Å². The molecule has 0 saturated heterocycles. The fourth-order valence-corrected chi connectivity index (χ4v) is 1.36. The van der Waals surface area contributed by atoms with Gasteiger partial charge in [0.05, 0.1) is 12.1 Å². The summed E-state index contributed by atoms with van der Waals surface area (Å²) in [6.45, 7) is 0. The maximum atomic E-state index is 12.4. The van der Waals surface area contributed by atoms with Crippen LogP contribution in [0.25, 0.3) is 0 Å². The molecule has 86 valence electrons. The van der Waals surface area contributed by atoms with Gasteiger partial charge in [0.25, 0.3) is 5.72 Å². The van der Waals surface area contributed by atoms with E-state index in [2.05, 4.69) is 10.1 Å². The number of rotatable bonds is 1. The molecule has 0 fully saturated rings. The van der Waals surface area contributed by atoms with Crippen molar-refractivity contribution < 1.29 is 18.3 Å². The van der Waals surface area contributed by atoms with Crippen LogP contribution in [0.4, 0.5) is 13.2 Å². The molecule has 1 aromatic heterocycles. The second-order valence-corrected chi connectivity index (χ2v) is 3.44. The fraction of sp³-hybridized carbons (Fsp3) is 0.333. The fourth-order valence-electron chi connectivity index (χ4n) is 1.36. The molecule has 1 aromatic rings. The summed E-state index contributed by atoms with van der Waals surface area (Å²) < 4.78 is 37.3. The lowest BCUT2D eigenvalue weighted by molar-refractivity contribution is -0.266. The molecule has 2 heterocycles. The average Bonchev–Trinajstić information content (AvgIpc) is 2.63. The third-order valence-corrected chi connectivity index (χ3v) is 2.28. The first-order valence-corrected chi connectivity index (χ1v) is 4.46. The van der Waals surface area contributed by atoms with Crippen LogP contribution in [0.15, 0.2) is 29.6 Å². The van der Waals surface area contributed by atoms with Crippen molar-refractivity contribution in [2.24, 2.45) is 5.10 Å². The Morgan fingerprint density at radius 2 is 1.94 bits per heavy atom. The van der Waals surface area contributed by atoms with Gasteiger partial charge in [-0.3, -0.25) is 10.4 Å². The summed E-state index contributed by atoms with van der Waals surface area (Å²) in [5.74, 6) is 0. The maximum absolute atomic E-state index is 12.4. The lowest BCUT2D eigenvalue weighted by atomic mass is 10.0. The second-order valence-electron chi connectivity index (χ2n) is 3.44. The minimum Gasteiger partial charge on any atom is -0.362 e. The van der Waals surface area contributed by atoms with Crippen LogP contribution in [0.3, 0.4) is 0 Å². The number of hydrogen-bond acceptors (Lipinski definition) is 4. The van der Waals surface area contributed by atoms with Gasteiger partial charge >= 0.3 is 6.18 Å². The zero-order valence-electron chi connectivity index (χ0n) is 7.99. The number of pyridine rings is 1. The van der Waals surface area contributed by atoms with Crippen LogP contribution in [0.1, 0.15) is 12.0 Å². The molecule has 0 aromatic carbocycles. The van der Waals surface area contributed by atoms with E-state index >= 15 is 0 Å². The van der Waals surface area contributed by atoms with Crippen LogP contribution < -0.4 is 5.43 Å². The summed E-state index contributed by atoms with van der Waals surface area (Å²) >= 11 is 0. The summed E-state index contributed by atoms with van der Waals surface area (Å²) in [5, 5.41) is 12.8. The Labute approximate surface area is 88.8 Å². The number of halogens is 3. The highest BCUT2D eigenvalue weighted by molar-refractivity contribution is 6.01. The van der Waals surface area contributed by atoms with Gasteiger partial charge in [0.2, 0.25) is 0 Å². The summed E-state index contributed by atoms with van der Waals surface area (Å²) in [6.07, 6.45) is -2.47. The molecule has 1 aliphatic heterocycles. The lowest BCUT2D eigenvalue weighted by Crippen LogP contribution is -2.52. The predicted octanol–water partition coefficient (Wildman–Crippen LogP) is 1.03. The van der Waals surface area contributed by atoms with Gasteiger partial charge in [-0.15, -0.1) is 0 Å². The van der Waals surface area contributed by atoms with E-state index in [0.29, 0.717) is 5.56 Å². The quantitative estimate of drug-likeness (QED) is 0.759. The molecule has 2 N–H and O–H groups in total. The maximum Gasteiger partial charge on any atom is 0.438 e. The zero-order chi connectivity index (χ0) is 11.8. The van der Waals surface area contributed by atoms with E-state index in [4.69, 9.17) is 0 Å². The van der Waals surface area contributed by atoms with Crippen LogP contribution in [0.2, 0.25) is 0 Å². The van der Waals surface area contributed by atoms with Crippen LogP contribution in [0.5, 0.6) is 0 Å². The van der Waals surface area contributed by atoms with Gasteiger partial charge in [0.15, 0.2) is 0 Å². The summed E-state index contributed by atoms with van der Waals surface area (Å²) in [7, 11) is 0. The van der Waals surface area contributed by atoms with E-state index in [9.17, 15) is 18.3 Å². The highest BCUT2D eigenvalue weighted by Crippen LogP contribution is 2.34. The number of hydrazone groups is 1. The van der Waals surface area contributed by atoms with Crippen molar-refractivity contribution >= 4 is 5.71 Å². The Morgan fingerprint density at radius 3 is 2.44 bits per heavy atom. The molecule has 0 unspecified atom stereocenters. The number of nitrogens with zero attached hydrogens (tertiary/aromatic N) is 2. The highest BCUT2D eigenvalue weighted by atomic mass is 19.4. The van der Waals surface area contributed by atoms with Gasteiger partial charge in [0, 0.05) is 18.0 Å². The van der Waals surface area contributed by atoms with Crippen molar-refractivity contribution in [2.45, 2.75) is 18.3 Å². The molecule has 0 amide bonds. The number of hydrogen-bond donors (Lipinski definition) is 2. The largest absolute Gasteiger partial charge is 0.438 e. The van der Waals surface area contributed by atoms with Gasteiger partial charge in [-0.05, 0) is 12.1 Å². The third-order valence-electron chi connectivity index (χ3n) is 2.28. The van der Waals surface area contributed by atoms with Gasteiger partial charge in [-0.2, -0.15) is 18.3 Å². The molecule has 0 saturated carbocycles. The molecule has 1 aliphatic rings. The number of nitrogens with one attached hydrogen (secondary N) is 1. The molecule has 4 nitrogen and oxygen atoms in total. The topological polar surface area (TPSA) is 57.5 Å². The van der Waals surface area contributed by atoms with Crippen LogP contribution in [0, 0.1) is 0 Å². The van der Waals surface area contributed by atoms with E-state index in [1.807, 2.05) is 0 Å². The van der Waals surface area contributed by atoms with Crippen molar-refractivity contribution in [1.29, 1.82) is 0 Å². The highest BCUT2D eigenvalue weighted by Gasteiger charge is 2.57. The first-order valence-electron chi connectivity index (χ1n) is 4.46. The van der Waals surface area contributed by atoms with Gasteiger partial charge in [0.1, 0.15) is 0 Å². The summed E-state index contributed by atoms with van der Waals surface area (Å²) in [4.78, 5) is 3.74. The van der Waals surface area contributed by atoms with E-state index in [0.717, 1.165) is 0 Å². The molecule has 7 heteroatoms. The Morgan fingerprint density at radius 1 is 1.31 bits per heavy atom. The van der Waals surface area contributed by atoms with Crippen molar-refractivity contribution in [1.82, 2.24) is 10.4 Å². The van der Waals surface area contributed by atoms with Crippen LogP contribution >= 0.6 is 0 Å². The molecular weight excluding hydrogens is 223 g/mol. The Hall–Kier alpha value is -1.63. The zero-order valence-corrected chi connectivity index (χ0v) is 7.99. The van der Waals surface area contributed by atoms with E-state index in [1.165, 1.54) is 24.5 Å². The van der Waals surface area contributed by atoms with E-state index in [1.54, 1.807) is 5.43 Å². The van der Waals surface area contributed by atoms with Crippen LogP contribution in [-0.4, -0.2) is 27.7 Å². The minimum absolute atomic E-state index is 0.155. The lowest BCUT2D eigenvalue weighted by Gasteiger charge is -2.24. The first kappa shape index (κ1) is 10.9.